The van der Waals surface area contributed by atoms with Crippen LogP contribution in [0.2, 0.25) is 0 Å². The van der Waals surface area contributed by atoms with Crippen LogP contribution in [0.3, 0.4) is 0 Å². The molecule has 0 saturated carbocycles. The van der Waals surface area contributed by atoms with Crippen molar-refractivity contribution in [1.29, 1.82) is 0 Å². The molecule has 0 aromatic heterocycles. The molecule has 0 heterocycles. The number of carbonyl (C=O) groups excluding carboxylic acids is 2. The van der Waals surface area contributed by atoms with Gasteiger partial charge >= 0.3 is 0 Å². The molecule has 0 aliphatic rings. The van der Waals surface area contributed by atoms with Crippen LogP contribution in [-0.4, -0.2) is 36.4 Å². The summed E-state index contributed by atoms with van der Waals surface area (Å²) in [6, 6.07) is 38.9. The van der Waals surface area contributed by atoms with Crippen molar-refractivity contribution in [2.45, 2.75) is 19.9 Å². The Labute approximate surface area is 236 Å². The standard InChI is InChI=1S/C32H33NO3P.BrH/c1-26(34)22-23-33(24-27-18-20-28(36-2)21-19-27)32(35)25-37(29-12-6-3-7-13-29,30-14-8-4-9-15-30)31-16-10-5-11-17-31;/h3-21H,22-25H2,1-2H3;1H/q+1;/p-1. The Balaban J connectivity index is 0.00000400. The highest BCUT2D eigenvalue weighted by atomic mass is 79.9. The molecule has 196 valence electrons. The van der Waals surface area contributed by atoms with E-state index in [0.29, 0.717) is 25.7 Å². The maximum Gasteiger partial charge on any atom is 0.261 e. The summed E-state index contributed by atoms with van der Waals surface area (Å²) in [7, 11) is -0.688. The smallest absolute Gasteiger partial charge is 0.261 e. The molecule has 6 heteroatoms. The number of Topliss-reactive ketones (excluding diaryl/α,β-unsaturated/α-hetero) is 1. The highest BCUT2D eigenvalue weighted by Crippen LogP contribution is 2.55. The van der Waals surface area contributed by atoms with Gasteiger partial charge in [0.25, 0.3) is 5.91 Å². The van der Waals surface area contributed by atoms with Gasteiger partial charge in [0.15, 0.2) is 6.16 Å². The molecule has 4 aromatic carbocycles. The highest BCUT2D eigenvalue weighted by Gasteiger charge is 2.48. The number of hydrogen-bond donors (Lipinski definition) is 0. The molecule has 4 rings (SSSR count). The summed E-state index contributed by atoms with van der Waals surface area (Å²) < 4.78 is 5.29. The normalized spacial score (nSPS) is 10.8. The predicted octanol–water partition coefficient (Wildman–Crippen LogP) is 2.00. The van der Waals surface area contributed by atoms with Crippen LogP contribution in [0, 0.1) is 0 Å². The fourth-order valence-corrected chi connectivity index (χ4v) is 8.70. The molecule has 38 heavy (non-hydrogen) atoms. The van der Waals surface area contributed by atoms with E-state index in [-0.39, 0.29) is 28.7 Å². The van der Waals surface area contributed by atoms with Gasteiger partial charge in [-0.2, -0.15) is 0 Å². The average molecular weight is 590 g/mol. The zero-order valence-corrected chi connectivity index (χ0v) is 24.3. The van der Waals surface area contributed by atoms with Gasteiger partial charge in [0.1, 0.15) is 34.7 Å². The Kier molecular flexibility index (Phi) is 10.8. The third kappa shape index (κ3) is 6.98. The van der Waals surface area contributed by atoms with Crippen molar-refractivity contribution < 1.29 is 31.3 Å². The number of amides is 1. The summed E-state index contributed by atoms with van der Waals surface area (Å²) in [5, 5.41) is 3.49. The van der Waals surface area contributed by atoms with Crippen LogP contribution in [0.5, 0.6) is 5.75 Å². The summed E-state index contributed by atoms with van der Waals surface area (Å²) in [6.45, 7) is 2.40. The number of methoxy groups -OCH3 is 1. The van der Waals surface area contributed by atoms with Gasteiger partial charge in [-0.1, -0.05) is 66.7 Å². The molecule has 0 spiro atoms. The van der Waals surface area contributed by atoms with E-state index in [9.17, 15) is 9.59 Å². The van der Waals surface area contributed by atoms with Crippen LogP contribution in [0.1, 0.15) is 18.9 Å². The monoisotopic (exact) mass is 589 g/mol. The zero-order chi connectivity index (χ0) is 26.1. The van der Waals surface area contributed by atoms with Crippen LogP contribution in [0.25, 0.3) is 0 Å². The minimum Gasteiger partial charge on any atom is -1.00 e. The van der Waals surface area contributed by atoms with E-state index >= 15 is 0 Å². The van der Waals surface area contributed by atoms with Crippen LogP contribution in [-0.2, 0) is 16.1 Å². The molecule has 0 aliphatic heterocycles. The third-order valence-corrected chi connectivity index (χ3v) is 10.9. The Morgan fingerprint density at radius 1 is 0.711 bits per heavy atom. The van der Waals surface area contributed by atoms with Crippen molar-refractivity contribution in [3.63, 3.8) is 0 Å². The van der Waals surface area contributed by atoms with Crippen molar-refractivity contribution >= 4 is 34.9 Å². The lowest BCUT2D eigenvalue weighted by atomic mass is 10.2. The first kappa shape index (κ1) is 29.3. The fraction of sp³-hybridized carbons (Fsp3) is 0.188. The number of carbonyl (C=O) groups is 2. The maximum atomic E-state index is 14.2. The van der Waals surface area contributed by atoms with E-state index in [4.69, 9.17) is 4.74 Å². The Bertz CT molecular complexity index is 1200. The second kappa shape index (κ2) is 14.0. The molecular weight excluding hydrogens is 557 g/mol. The molecule has 0 aliphatic carbocycles. The van der Waals surface area contributed by atoms with Gasteiger partial charge in [-0.05, 0) is 61.0 Å². The van der Waals surface area contributed by atoms with Gasteiger partial charge in [-0.25, -0.2) is 0 Å². The summed E-state index contributed by atoms with van der Waals surface area (Å²) >= 11 is 0. The van der Waals surface area contributed by atoms with Crippen molar-refractivity contribution in [2.24, 2.45) is 0 Å². The number of benzene rings is 4. The van der Waals surface area contributed by atoms with Crippen LogP contribution >= 0.6 is 7.26 Å². The highest BCUT2D eigenvalue weighted by molar-refractivity contribution is 7.96. The van der Waals surface area contributed by atoms with Gasteiger partial charge in [0, 0.05) is 19.5 Å². The topological polar surface area (TPSA) is 46.6 Å². The van der Waals surface area contributed by atoms with E-state index < -0.39 is 7.26 Å². The minimum atomic E-state index is -2.32. The van der Waals surface area contributed by atoms with Crippen LogP contribution in [0.4, 0.5) is 0 Å². The predicted molar refractivity (Wildman–Crippen MR) is 154 cm³/mol. The van der Waals surface area contributed by atoms with Gasteiger partial charge < -0.3 is 26.6 Å². The number of ketones is 1. The van der Waals surface area contributed by atoms with Crippen LogP contribution in [0.15, 0.2) is 115 Å². The first-order valence-electron chi connectivity index (χ1n) is 12.5. The van der Waals surface area contributed by atoms with Gasteiger partial charge in [0.05, 0.1) is 7.11 Å². The van der Waals surface area contributed by atoms with Gasteiger partial charge in [-0.3, -0.25) is 9.59 Å². The molecule has 1 amide bonds. The van der Waals surface area contributed by atoms with Crippen LogP contribution < -0.4 is 37.6 Å². The summed E-state index contributed by atoms with van der Waals surface area (Å²) in [5.74, 6) is 0.886. The summed E-state index contributed by atoms with van der Waals surface area (Å²) in [6.07, 6.45) is 0.675. The Morgan fingerprint density at radius 3 is 1.55 bits per heavy atom. The summed E-state index contributed by atoms with van der Waals surface area (Å²) in [4.78, 5) is 28.0. The number of ether oxygens (including phenoxy) is 1. The SMILES string of the molecule is COc1ccc(CN(CCC(C)=O)C(=O)C[P+](c2ccccc2)(c2ccccc2)c2ccccc2)cc1.[Br-]. The number of nitrogens with zero attached hydrogens (tertiary/aromatic N) is 1. The first-order valence-corrected chi connectivity index (χ1v) is 14.5. The maximum absolute atomic E-state index is 14.2. The van der Waals surface area contributed by atoms with Gasteiger partial charge in [0.2, 0.25) is 0 Å². The van der Waals surface area contributed by atoms with Crippen molar-refractivity contribution in [1.82, 2.24) is 4.90 Å². The van der Waals surface area contributed by atoms with Gasteiger partial charge in [-0.15, -0.1) is 0 Å². The second-order valence-electron chi connectivity index (χ2n) is 9.09. The number of rotatable bonds is 11. The van der Waals surface area contributed by atoms with E-state index in [1.165, 1.54) is 0 Å². The summed E-state index contributed by atoms with van der Waals surface area (Å²) in [5.41, 5.74) is 1.00. The Hall–Kier alpha value is -3.27. The molecule has 4 nitrogen and oxygen atoms in total. The molecule has 4 aromatic rings. The number of hydrogen-bond acceptors (Lipinski definition) is 3. The minimum absolute atomic E-state index is 0. The average Bonchev–Trinajstić information content (AvgIpc) is 2.95. The van der Waals surface area contributed by atoms with Crippen molar-refractivity contribution in [3.05, 3.63) is 121 Å². The van der Waals surface area contributed by atoms with E-state index in [0.717, 1.165) is 27.2 Å². The number of halogens is 1. The lowest BCUT2D eigenvalue weighted by Gasteiger charge is -2.30. The lowest BCUT2D eigenvalue weighted by molar-refractivity contribution is -0.129. The molecule has 0 saturated heterocycles. The largest absolute Gasteiger partial charge is 1.00 e. The van der Waals surface area contributed by atoms with Crippen molar-refractivity contribution in [3.8, 4) is 5.75 Å². The van der Waals surface area contributed by atoms with E-state index in [1.54, 1.807) is 14.0 Å². The zero-order valence-electron chi connectivity index (χ0n) is 21.8. The van der Waals surface area contributed by atoms with E-state index in [1.807, 2.05) is 83.8 Å². The molecule has 0 fully saturated rings. The second-order valence-corrected chi connectivity index (χ2v) is 12.6. The molecule has 0 radical (unpaired) electrons. The molecular formula is C32H33BrNO3P. The van der Waals surface area contributed by atoms with E-state index in [2.05, 4.69) is 36.4 Å². The quantitative estimate of drug-likeness (QED) is 0.251. The molecule has 0 N–H and O–H groups in total. The third-order valence-electron chi connectivity index (χ3n) is 6.58. The Morgan fingerprint density at radius 2 is 1.16 bits per heavy atom. The first-order chi connectivity index (χ1) is 18.0. The molecule has 0 bridgehead atoms. The van der Waals surface area contributed by atoms with Crippen molar-refractivity contribution in [2.75, 3.05) is 19.8 Å². The molecule has 0 atom stereocenters. The molecule has 0 unspecified atom stereocenters. The lowest BCUT2D eigenvalue weighted by Crippen LogP contribution is -3.00. The fourth-order valence-electron chi connectivity index (χ4n) is 4.61.